The molecule has 0 aromatic heterocycles. The highest BCUT2D eigenvalue weighted by Crippen LogP contribution is 2.38. The van der Waals surface area contributed by atoms with Crippen molar-refractivity contribution in [2.45, 2.75) is 25.9 Å². The largest absolute Gasteiger partial charge is 0.486 e. The van der Waals surface area contributed by atoms with E-state index in [0.717, 1.165) is 41.5 Å². The Balaban J connectivity index is 1.46. The molecule has 0 spiro atoms. The molecular formula is C24H21Br2ClN2O4S. The van der Waals surface area contributed by atoms with Gasteiger partial charge in [-0.1, -0.05) is 29.8 Å². The molecule has 2 fully saturated rings. The fourth-order valence-corrected chi connectivity index (χ4v) is 6.21. The smallest absolute Gasteiger partial charge is 0.294 e. The highest BCUT2D eigenvalue weighted by molar-refractivity contribution is 9.11. The summed E-state index contributed by atoms with van der Waals surface area (Å²) < 4.78 is 7.30. The summed E-state index contributed by atoms with van der Waals surface area (Å²) >= 11 is 14.1. The van der Waals surface area contributed by atoms with Gasteiger partial charge in [-0.25, -0.2) is 0 Å². The van der Waals surface area contributed by atoms with Gasteiger partial charge in [0.15, 0.2) is 0 Å². The second-order valence-corrected chi connectivity index (χ2v) is 11.0. The summed E-state index contributed by atoms with van der Waals surface area (Å²) in [6.45, 7) is 1.43. The summed E-state index contributed by atoms with van der Waals surface area (Å²) in [4.78, 5) is 40.9. The van der Waals surface area contributed by atoms with E-state index in [4.69, 9.17) is 16.3 Å². The zero-order valence-corrected chi connectivity index (χ0v) is 22.8. The van der Waals surface area contributed by atoms with Gasteiger partial charge >= 0.3 is 0 Å². The SMILES string of the molecule is O=C(CN1C(=O)S/C(=C/c2cc(Br)c(OCc3ccccc3Cl)c(Br)c2)C1=O)N1CCCCC1. The van der Waals surface area contributed by atoms with Crippen LogP contribution in [0.1, 0.15) is 30.4 Å². The van der Waals surface area contributed by atoms with Crippen molar-refractivity contribution in [1.82, 2.24) is 9.80 Å². The first kappa shape index (κ1) is 25.3. The Morgan fingerprint density at radius 1 is 1.09 bits per heavy atom. The topological polar surface area (TPSA) is 66.9 Å². The molecule has 2 heterocycles. The van der Waals surface area contributed by atoms with Gasteiger partial charge in [-0.15, -0.1) is 0 Å². The molecule has 2 aliphatic rings. The number of benzene rings is 2. The van der Waals surface area contributed by atoms with E-state index in [2.05, 4.69) is 31.9 Å². The maximum absolute atomic E-state index is 12.9. The van der Waals surface area contributed by atoms with Crippen LogP contribution in [0, 0.1) is 0 Å². The van der Waals surface area contributed by atoms with Crippen LogP contribution in [-0.4, -0.2) is 46.5 Å². The number of nitrogens with zero attached hydrogens (tertiary/aromatic N) is 2. The van der Waals surface area contributed by atoms with Crippen molar-refractivity contribution in [1.29, 1.82) is 0 Å². The van der Waals surface area contributed by atoms with Crippen molar-refractivity contribution >= 4 is 78.4 Å². The number of carbonyl (C=O) groups excluding carboxylic acids is 3. The third-order valence-electron chi connectivity index (χ3n) is 5.52. The first-order chi connectivity index (χ1) is 16.3. The van der Waals surface area contributed by atoms with Crippen LogP contribution >= 0.6 is 55.2 Å². The molecule has 0 atom stereocenters. The van der Waals surface area contributed by atoms with Crippen molar-refractivity contribution in [3.63, 3.8) is 0 Å². The lowest BCUT2D eigenvalue weighted by molar-refractivity contribution is -0.136. The monoisotopic (exact) mass is 626 g/mol. The molecule has 0 bridgehead atoms. The Kier molecular flexibility index (Phi) is 8.39. The first-order valence-electron chi connectivity index (χ1n) is 10.7. The molecule has 2 aromatic carbocycles. The summed E-state index contributed by atoms with van der Waals surface area (Å²) in [5.74, 6) is -0.0438. The minimum absolute atomic E-state index is 0.186. The molecule has 34 heavy (non-hydrogen) atoms. The molecular weight excluding hydrogens is 608 g/mol. The number of piperidine rings is 1. The number of ether oxygens (including phenoxy) is 1. The van der Waals surface area contributed by atoms with Gasteiger partial charge < -0.3 is 9.64 Å². The Bertz CT molecular complexity index is 1140. The van der Waals surface area contributed by atoms with E-state index in [0.29, 0.717) is 45.0 Å². The lowest BCUT2D eigenvalue weighted by Crippen LogP contribution is -2.44. The molecule has 2 aliphatic heterocycles. The number of amides is 3. The molecule has 6 nitrogen and oxygen atoms in total. The van der Waals surface area contributed by atoms with Gasteiger partial charge in [-0.3, -0.25) is 19.3 Å². The summed E-state index contributed by atoms with van der Waals surface area (Å²) in [7, 11) is 0. The van der Waals surface area contributed by atoms with Crippen molar-refractivity contribution < 1.29 is 19.1 Å². The lowest BCUT2D eigenvalue weighted by Gasteiger charge is -2.27. The van der Waals surface area contributed by atoms with Gasteiger partial charge in [-0.2, -0.15) is 0 Å². The summed E-state index contributed by atoms with van der Waals surface area (Å²) in [5.41, 5.74) is 1.57. The maximum atomic E-state index is 12.9. The van der Waals surface area contributed by atoms with Crippen molar-refractivity contribution in [2.75, 3.05) is 19.6 Å². The number of carbonyl (C=O) groups is 3. The summed E-state index contributed by atoms with van der Waals surface area (Å²) in [5, 5.41) is 0.195. The van der Waals surface area contributed by atoms with E-state index in [9.17, 15) is 14.4 Å². The van der Waals surface area contributed by atoms with Crippen molar-refractivity contribution in [3.05, 3.63) is 66.4 Å². The van der Waals surface area contributed by atoms with E-state index in [1.807, 2.05) is 18.2 Å². The summed E-state index contributed by atoms with van der Waals surface area (Å²) in [6, 6.07) is 11.1. The van der Waals surface area contributed by atoms with E-state index < -0.39 is 11.1 Å². The minimum Gasteiger partial charge on any atom is -0.486 e. The average Bonchev–Trinajstić information content (AvgIpc) is 3.07. The summed E-state index contributed by atoms with van der Waals surface area (Å²) in [6.07, 6.45) is 4.65. The van der Waals surface area contributed by atoms with Gasteiger partial charge in [0.25, 0.3) is 11.1 Å². The van der Waals surface area contributed by atoms with Crippen LogP contribution in [0.4, 0.5) is 4.79 Å². The molecule has 0 saturated carbocycles. The number of rotatable bonds is 6. The highest BCUT2D eigenvalue weighted by atomic mass is 79.9. The molecule has 0 radical (unpaired) electrons. The van der Waals surface area contributed by atoms with Crippen LogP contribution in [0.25, 0.3) is 6.08 Å². The van der Waals surface area contributed by atoms with Gasteiger partial charge in [-0.05, 0) is 92.7 Å². The number of hydrogen-bond acceptors (Lipinski definition) is 5. The normalized spacial score (nSPS) is 17.6. The van der Waals surface area contributed by atoms with Crippen LogP contribution in [0.3, 0.4) is 0 Å². The van der Waals surface area contributed by atoms with Crippen LogP contribution < -0.4 is 4.74 Å². The predicted molar refractivity (Wildman–Crippen MR) is 141 cm³/mol. The van der Waals surface area contributed by atoms with Gasteiger partial charge in [0.1, 0.15) is 18.9 Å². The van der Waals surface area contributed by atoms with Crippen LogP contribution in [0.5, 0.6) is 5.75 Å². The maximum Gasteiger partial charge on any atom is 0.294 e. The molecule has 178 valence electrons. The Labute approximate surface area is 223 Å². The predicted octanol–water partition coefficient (Wildman–Crippen LogP) is 6.49. The van der Waals surface area contributed by atoms with Crippen LogP contribution in [-0.2, 0) is 16.2 Å². The standard InChI is InChI=1S/C24H21Br2ClN2O4S/c25-17-10-15(11-18(26)22(17)33-14-16-6-2-3-7-19(16)27)12-20-23(31)29(24(32)34-20)13-21(30)28-8-4-1-5-9-28/h2-3,6-7,10-12H,1,4-5,8-9,13-14H2/b20-12+. The van der Waals surface area contributed by atoms with E-state index >= 15 is 0 Å². The number of thioether (sulfide) groups is 1. The highest BCUT2D eigenvalue weighted by Gasteiger charge is 2.37. The molecule has 0 unspecified atom stereocenters. The third-order valence-corrected chi connectivity index (χ3v) is 7.98. The second kappa shape index (κ2) is 11.3. The lowest BCUT2D eigenvalue weighted by atomic mass is 10.1. The van der Waals surface area contributed by atoms with Gasteiger partial charge in [0.05, 0.1) is 13.9 Å². The molecule has 2 aromatic rings. The molecule has 3 amide bonds. The van der Waals surface area contributed by atoms with E-state index in [1.165, 1.54) is 0 Å². The quantitative estimate of drug-likeness (QED) is 0.342. The molecule has 2 saturated heterocycles. The van der Waals surface area contributed by atoms with Crippen molar-refractivity contribution in [2.24, 2.45) is 0 Å². The first-order valence-corrected chi connectivity index (χ1v) is 13.5. The average molecular weight is 629 g/mol. The second-order valence-electron chi connectivity index (χ2n) is 7.90. The number of imide groups is 1. The number of likely N-dealkylation sites (tertiary alicyclic amines) is 1. The van der Waals surface area contributed by atoms with E-state index in [-0.39, 0.29) is 17.4 Å². The number of halogens is 3. The zero-order valence-electron chi connectivity index (χ0n) is 18.1. The minimum atomic E-state index is -0.452. The van der Waals surface area contributed by atoms with Gasteiger partial charge in [0, 0.05) is 23.7 Å². The fraction of sp³-hybridized carbons (Fsp3) is 0.292. The van der Waals surface area contributed by atoms with E-state index in [1.54, 1.807) is 29.2 Å². The zero-order chi connectivity index (χ0) is 24.2. The third kappa shape index (κ3) is 5.87. The van der Waals surface area contributed by atoms with Crippen molar-refractivity contribution in [3.8, 4) is 5.75 Å². The molecule has 10 heteroatoms. The molecule has 4 rings (SSSR count). The Morgan fingerprint density at radius 3 is 2.44 bits per heavy atom. The molecule has 0 N–H and O–H groups in total. The Hall–Kier alpha value is -1.81. The van der Waals surface area contributed by atoms with Crippen LogP contribution in [0.2, 0.25) is 5.02 Å². The molecule has 0 aliphatic carbocycles. The number of hydrogen-bond donors (Lipinski definition) is 0. The van der Waals surface area contributed by atoms with Crippen LogP contribution in [0.15, 0.2) is 50.2 Å². The Morgan fingerprint density at radius 2 is 1.76 bits per heavy atom. The van der Waals surface area contributed by atoms with Gasteiger partial charge in [0.2, 0.25) is 5.91 Å². The fourth-order valence-electron chi connectivity index (χ4n) is 3.73.